The molecule has 5 nitrogen and oxygen atoms in total. The fourth-order valence-electron chi connectivity index (χ4n) is 3.72. The maximum Gasteiger partial charge on any atom is 0.327 e. The van der Waals surface area contributed by atoms with Crippen molar-refractivity contribution in [3.05, 3.63) is 63.5 Å². The van der Waals surface area contributed by atoms with E-state index in [0.717, 1.165) is 12.5 Å². The van der Waals surface area contributed by atoms with Crippen molar-refractivity contribution in [1.29, 1.82) is 0 Å². The van der Waals surface area contributed by atoms with Crippen LogP contribution in [-0.4, -0.2) is 18.1 Å². The summed E-state index contributed by atoms with van der Waals surface area (Å²) in [5.41, 5.74) is 2.29. The molecular weight excluding hydrogens is 299 g/mol. The number of nitrogens with one attached hydrogen (secondary N) is 1. The second-order valence-electron chi connectivity index (χ2n) is 6.03. The molecule has 1 saturated carbocycles. The van der Waals surface area contributed by atoms with Crippen molar-refractivity contribution in [3.8, 4) is 5.75 Å². The number of nitrogens with zero attached hydrogens (tertiary/aromatic N) is 1. The summed E-state index contributed by atoms with van der Waals surface area (Å²) in [6, 6.07) is 10.9. The molecule has 0 heterocycles. The highest BCUT2D eigenvalue weighted by Crippen LogP contribution is 2.57. The standard InChI is InChI=1S/C17H15FN2O3/c1-23-10-7-13(18)17(20(21)22)14(8-10)19-16-12-6-9-4-2-3-5-11(9)15(12)16/h2-5,7-8,12,15-16,19H,6H2,1H3. The van der Waals surface area contributed by atoms with Gasteiger partial charge in [0.15, 0.2) is 0 Å². The quantitative estimate of drug-likeness (QED) is 0.693. The van der Waals surface area contributed by atoms with Gasteiger partial charge < -0.3 is 10.1 Å². The summed E-state index contributed by atoms with van der Waals surface area (Å²) in [6.07, 6.45) is 0.957. The summed E-state index contributed by atoms with van der Waals surface area (Å²) in [5.74, 6) is 0.145. The summed E-state index contributed by atoms with van der Waals surface area (Å²) < 4.78 is 19.0. The lowest BCUT2D eigenvalue weighted by Gasteiger charge is -2.12. The van der Waals surface area contributed by atoms with E-state index in [0.29, 0.717) is 11.8 Å². The van der Waals surface area contributed by atoms with Gasteiger partial charge >= 0.3 is 5.69 Å². The predicted octanol–water partition coefficient (Wildman–Crippen LogP) is 3.49. The highest BCUT2D eigenvalue weighted by atomic mass is 19.1. The lowest BCUT2D eigenvalue weighted by atomic mass is 10.0. The van der Waals surface area contributed by atoms with Crippen LogP contribution < -0.4 is 10.1 Å². The predicted molar refractivity (Wildman–Crippen MR) is 83.4 cm³/mol. The van der Waals surface area contributed by atoms with Crippen LogP contribution in [0, 0.1) is 21.8 Å². The zero-order chi connectivity index (χ0) is 16.1. The van der Waals surface area contributed by atoms with E-state index in [1.54, 1.807) is 0 Å². The number of methoxy groups -OCH3 is 1. The molecule has 118 valence electrons. The minimum atomic E-state index is -0.886. The van der Waals surface area contributed by atoms with Gasteiger partial charge in [-0.1, -0.05) is 24.3 Å². The third kappa shape index (κ3) is 2.13. The van der Waals surface area contributed by atoms with Crippen molar-refractivity contribution in [3.63, 3.8) is 0 Å². The zero-order valence-corrected chi connectivity index (χ0v) is 12.5. The Kier molecular flexibility index (Phi) is 3.01. The molecule has 0 radical (unpaired) electrons. The van der Waals surface area contributed by atoms with Gasteiger partial charge in [-0.05, 0) is 23.5 Å². The minimum Gasteiger partial charge on any atom is -0.497 e. The smallest absolute Gasteiger partial charge is 0.327 e. The Morgan fingerprint density at radius 1 is 1.35 bits per heavy atom. The first-order chi connectivity index (χ1) is 11.1. The topological polar surface area (TPSA) is 64.4 Å². The first-order valence-corrected chi connectivity index (χ1v) is 7.46. The van der Waals surface area contributed by atoms with E-state index in [1.807, 2.05) is 12.1 Å². The largest absolute Gasteiger partial charge is 0.497 e. The fourth-order valence-corrected chi connectivity index (χ4v) is 3.72. The Bertz CT molecular complexity index is 808. The van der Waals surface area contributed by atoms with Crippen LogP contribution in [0.5, 0.6) is 5.75 Å². The van der Waals surface area contributed by atoms with Gasteiger partial charge in [0.2, 0.25) is 5.82 Å². The molecule has 0 amide bonds. The Hall–Kier alpha value is -2.63. The number of halogens is 1. The zero-order valence-electron chi connectivity index (χ0n) is 12.5. The Balaban J connectivity index is 1.64. The van der Waals surface area contributed by atoms with E-state index in [-0.39, 0.29) is 17.5 Å². The minimum absolute atomic E-state index is 0.107. The molecule has 0 aromatic heterocycles. The molecule has 1 fully saturated rings. The molecule has 2 aromatic carbocycles. The second kappa shape index (κ2) is 4.94. The van der Waals surface area contributed by atoms with Gasteiger partial charge in [-0.2, -0.15) is 4.39 Å². The normalized spacial score (nSPS) is 23.8. The van der Waals surface area contributed by atoms with Gasteiger partial charge in [-0.15, -0.1) is 0 Å². The molecule has 3 atom stereocenters. The lowest BCUT2D eigenvalue weighted by molar-refractivity contribution is -0.386. The third-order valence-electron chi connectivity index (χ3n) is 4.82. The molecule has 2 aromatic rings. The number of hydrogen-bond acceptors (Lipinski definition) is 4. The molecule has 0 saturated heterocycles. The van der Waals surface area contributed by atoms with E-state index in [1.165, 1.54) is 24.3 Å². The van der Waals surface area contributed by atoms with E-state index in [2.05, 4.69) is 17.4 Å². The number of rotatable bonds is 4. The number of benzene rings is 2. The second-order valence-corrected chi connectivity index (χ2v) is 6.03. The SMILES string of the molecule is COc1cc(F)c([N+](=O)[O-])c(NC2C3Cc4ccccc4C32)c1. The summed E-state index contributed by atoms with van der Waals surface area (Å²) in [4.78, 5) is 10.5. The number of nitro benzene ring substituents is 1. The number of nitro groups is 1. The van der Waals surface area contributed by atoms with Crippen LogP contribution in [-0.2, 0) is 6.42 Å². The van der Waals surface area contributed by atoms with Crippen LogP contribution in [0.4, 0.5) is 15.8 Å². The monoisotopic (exact) mass is 314 g/mol. The van der Waals surface area contributed by atoms with Crippen LogP contribution in [0.2, 0.25) is 0 Å². The summed E-state index contributed by atoms with van der Waals surface area (Å²) in [6.45, 7) is 0. The van der Waals surface area contributed by atoms with Gasteiger partial charge in [-0.25, -0.2) is 0 Å². The average Bonchev–Trinajstić information content (AvgIpc) is 3.03. The molecule has 2 aliphatic rings. The molecule has 0 spiro atoms. The number of fused-ring (bicyclic) bond motifs is 3. The first kappa shape index (κ1) is 14.0. The van der Waals surface area contributed by atoms with Crippen LogP contribution in [0.3, 0.4) is 0 Å². The number of anilines is 1. The molecule has 0 aliphatic heterocycles. The molecule has 1 N–H and O–H groups in total. The van der Waals surface area contributed by atoms with Gasteiger partial charge in [-0.3, -0.25) is 10.1 Å². The van der Waals surface area contributed by atoms with Crippen LogP contribution in [0.15, 0.2) is 36.4 Å². The summed E-state index contributed by atoms with van der Waals surface area (Å²) in [5, 5.41) is 14.3. The Morgan fingerprint density at radius 3 is 2.87 bits per heavy atom. The molecule has 3 unspecified atom stereocenters. The molecule has 2 aliphatic carbocycles. The van der Waals surface area contributed by atoms with Crippen molar-refractivity contribution in [2.45, 2.75) is 18.4 Å². The lowest BCUT2D eigenvalue weighted by Crippen LogP contribution is -2.12. The van der Waals surface area contributed by atoms with Crippen molar-refractivity contribution in [2.75, 3.05) is 12.4 Å². The molecule has 0 bridgehead atoms. The summed E-state index contributed by atoms with van der Waals surface area (Å²) in [7, 11) is 1.41. The van der Waals surface area contributed by atoms with E-state index < -0.39 is 16.4 Å². The molecular formula is C17H15FN2O3. The maximum atomic E-state index is 14.0. The summed E-state index contributed by atoms with van der Waals surface area (Å²) >= 11 is 0. The van der Waals surface area contributed by atoms with Crippen molar-refractivity contribution >= 4 is 11.4 Å². The van der Waals surface area contributed by atoms with Crippen molar-refractivity contribution in [2.24, 2.45) is 5.92 Å². The maximum absolute atomic E-state index is 14.0. The van der Waals surface area contributed by atoms with Crippen molar-refractivity contribution in [1.82, 2.24) is 0 Å². The molecule has 4 rings (SSSR count). The average molecular weight is 314 g/mol. The van der Waals surface area contributed by atoms with E-state index >= 15 is 0 Å². The van der Waals surface area contributed by atoms with E-state index in [4.69, 9.17) is 4.74 Å². The molecule has 23 heavy (non-hydrogen) atoms. The highest BCUT2D eigenvalue weighted by molar-refractivity contribution is 5.67. The van der Waals surface area contributed by atoms with Crippen LogP contribution in [0.1, 0.15) is 17.0 Å². The number of hydrogen-bond donors (Lipinski definition) is 1. The number of ether oxygens (including phenoxy) is 1. The van der Waals surface area contributed by atoms with Gasteiger partial charge in [0.25, 0.3) is 0 Å². The van der Waals surface area contributed by atoms with Crippen molar-refractivity contribution < 1.29 is 14.1 Å². The Labute approximate surface area is 132 Å². The fraction of sp³-hybridized carbons (Fsp3) is 0.294. The van der Waals surface area contributed by atoms with Crippen LogP contribution in [0.25, 0.3) is 0 Å². The molecule has 6 heteroatoms. The van der Waals surface area contributed by atoms with E-state index in [9.17, 15) is 14.5 Å². The Morgan fingerprint density at radius 2 is 2.13 bits per heavy atom. The first-order valence-electron chi connectivity index (χ1n) is 7.46. The van der Waals surface area contributed by atoms with Gasteiger partial charge in [0, 0.05) is 24.1 Å². The third-order valence-corrected chi connectivity index (χ3v) is 4.82. The van der Waals surface area contributed by atoms with Crippen LogP contribution >= 0.6 is 0 Å². The van der Waals surface area contributed by atoms with Gasteiger partial charge in [0.1, 0.15) is 11.4 Å². The van der Waals surface area contributed by atoms with Gasteiger partial charge in [0.05, 0.1) is 12.0 Å². The highest BCUT2D eigenvalue weighted by Gasteiger charge is 2.56.